The number of nitro groups is 1. The fraction of sp³-hybridized carbons (Fsp3) is 0.676. The number of ether oxygens (including phenoxy) is 2. The van der Waals surface area contributed by atoms with Gasteiger partial charge in [0.15, 0.2) is 14.4 Å². The maximum absolute atomic E-state index is 13.9. The molecule has 270 valence electrons. The van der Waals surface area contributed by atoms with E-state index in [4.69, 9.17) is 13.9 Å². The molecular formula is C34H58N3O7S2Si2+. The van der Waals surface area contributed by atoms with Gasteiger partial charge in [-0.25, -0.2) is 9.79 Å². The van der Waals surface area contributed by atoms with Gasteiger partial charge < -0.3 is 13.9 Å². The van der Waals surface area contributed by atoms with Crippen molar-refractivity contribution in [1.29, 1.82) is 0 Å². The Hall–Kier alpha value is -2.14. The highest BCUT2D eigenvalue weighted by molar-refractivity contribution is 8.12. The maximum Gasteiger partial charge on any atom is 0.508 e. The number of hydrogen-bond donors (Lipinski definition) is 1. The van der Waals surface area contributed by atoms with E-state index >= 15 is 0 Å². The van der Waals surface area contributed by atoms with Gasteiger partial charge in [-0.05, 0) is 88.5 Å². The molecule has 48 heavy (non-hydrogen) atoms. The van der Waals surface area contributed by atoms with Crippen LogP contribution < -0.4 is 4.99 Å². The van der Waals surface area contributed by atoms with Crippen molar-refractivity contribution in [3.05, 3.63) is 45.1 Å². The molecule has 1 amide bonds. The van der Waals surface area contributed by atoms with Crippen molar-refractivity contribution < 1.29 is 33.4 Å². The highest BCUT2D eigenvalue weighted by atomic mass is 32.2. The van der Waals surface area contributed by atoms with Crippen LogP contribution in [0.4, 0.5) is 10.5 Å². The summed E-state index contributed by atoms with van der Waals surface area (Å²) in [6.45, 7) is 25.8. The number of unbranched alkanes of at least 4 members (excludes halogenated alkanes) is 2. The van der Waals surface area contributed by atoms with Crippen LogP contribution in [-0.4, -0.2) is 74.3 Å². The van der Waals surface area contributed by atoms with Gasteiger partial charge in [0, 0.05) is 26.3 Å². The minimum Gasteiger partial charge on any atom is -0.462 e. The third-order valence-electron chi connectivity index (χ3n) is 8.36. The van der Waals surface area contributed by atoms with Gasteiger partial charge in [-0.15, -0.1) is 16.7 Å². The molecule has 1 heterocycles. The van der Waals surface area contributed by atoms with E-state index in [2.05, 4.69) is 58.5 Å². The van der Waals surface area contributed by atoms with Crippen molar-refractivity contribution in [2.75, 3.05) is 25.2 Å². The first-order valence-electron chi connectivity index (χ1n) is 16.6. The smallest absolute Gasteiger partial charge is 0.462 e. The van der Waals surface area contributed by atoms with E-state index in [1.807, 2.05) is 6.26 Å². The molecule has 2 rings (SSSR count). The third-order valence-corrected chi connectivity index (χ3v) is 16.5. The molecule has 1 aliphatic rings. The fourth-order valence-corrected chi connectivity index (χ4v) is 8.26. The first kappa shape index (κ1) is 42.0. The van der Waals surface area contributed by atoms with Gasteiger partial charge in [-0.1, -0.05) is 59.0 Å². The molecule has 1 aliphatic heterocycles. The predicted molar refractivity (Wildman–Crippen MR) is 203 cm³/mol. The number of carbonyl (C=O) groups excluding carboxylic acids is 2. The number of esters is 1. The maximum atomic E-state index is 13.9. The van der Waals surface area contributed by atoms with E-state index in [0.29, 0.717) is 33.7 Å². The average molecular weight is 741 g/mol. The Morgan fingerprint density at radius 1 is 1.02 bits per heavy atom. The number of amidine groups is 1. The van der Waals surface area contributed by atoms with Crippen LogP contribution in [0, 0.1) is 10.1 Å². The summed E-state index contributed by atoms with van der Waals surface area (Å²) in [5.74, 6) is 0.0498. The lowest BCUT2D eigenvalue weighted by Crippen LogP contribution is -2.77. The molecular weight excluding hydrogens is 683 g/mol. The molecule has 0 saturated heterocycles. The van der Waals surface area contributed by atoms with E-state index < -0.39 is 45.0 Å². The Kier molecular flexibility index (Phi) is 15.1. The molecule has 14 heteroatoms. The van der Waals surface area contributed by atoms with Crippen molar-refractivity contribution >= 4 is 62.8 Å². The number of allylic oxidation sites excluding steroid dienone is 1. The summed E-state index contributed by atoms with van der Waals surface area (Å²) < 4.78 is 18.0. The zero-order valence-corrected chi connectivity index (χ0v) is 35.0. The number of rotatable bonds is 14. The number of carbonyl (C=O) groups is 2. The molecule has 1 atom stereocenters. The summed E-state index contributed by atoms with van der Waals surface area (Å²) in [5, 5.41) is 13.0. The SMILES string of the molecule is CSC1=[NH+]C(C)=C(C(=O)OCC[Si](C)(C)C)C(c2cccc([N+](=O)[O-])c2SCCCCCO[Si](C)(C)C(C)(C)C)N1C(=O)OC(C)(C)C. The van der Waals surface area contributed by atoms with Crippen molar-refractivity contribution in [1.82, 2.24) is 4.90 Å². The summed E-state index contributed by atoms with van der Waals surface area (Å²) in [4.78, 5) is 44.8. The molecule has 1 unspecified atom stereocenters. The molecule has 0 aliphatic carbocycles. The molecule has 0 aromatic heterocycles. The number of nitrogens with one attached hydrogen (secondary N) is 1. The first-order valence-corrected chi connectivity index (χ1v) is 25.5. The Labute approximate surface area is 298 Å². The minimum absolute atomic E-state index is 0.0729. The normalized spacial score (nSPS) is 16.1. The van der Waals surface area contributed by atoms with Crippen LogP contribution >= 0.6 is 23.5 Å². The number of nitro benzene ring substituents is 1. The molecule has 1 N–H and O–H groups in total. The van der Waals surface area contributed by atoms with Gasteiger partial charge in [0.2, 0.25) is 0 Å². The Balaban J connectivity index is 2.53. The van der Waals surface area contributed by atoms with Gasteiger partial charge in [-0.3, -0.25) is 10.1 Å². The molecule has 0 fully saturated rings. The van der Waals surface area contributed by atoms with E-state index in [9.17, 15) is 19.7 Å². The zero-order chi connectivity index (χ0) is 36.7. The quantitative estimate of drug-likeness (QED) is 0.0503. The van der Waals surface area contributed by atoms with Crippen LogP contribution in [0.15, 0.2) is 34.4 Å². The molecule has 0 bridgehead atoms. The predicted octanol–water partition coefficient (Wildman–Crippen LogP) is 8.13. The second kappa shape index (κ2) is 17.2. The van der Waals surface area contributed by atoms with E-state index in [0.717, 1.165) is 25.3 Å². The number of thioether (sulfide) groups is 2. The summed E-state index contributed by atoms with van der Waals surface area (Å²) >= 11 is 2.67. The number of amides is 1. The minimum atomic E-state index is -1.82. The first-order chi connectivity index (χ1) is 22.0. The molecule has 10 nitrogen and oxygen atoms in total. The van der Waals surface area contributed by atoms with Crippen molar-refractivity contribution in [2.45, 2.75) is 128 Å². The fourth-order valence-electron chi connectivity index (χ4n) is 4.63. The molecule has 1 aromatic rings. The van der Waals surface area contributed by atoms with E-state index in [1.165, 1.54) is 34.5 Å². The van der Waals surface area contributed by atoms with Gasteiger partial charge in [-0.2, -0.15) is 4.79 Å². The summed E-state index contributed by atoms with van der Waals surface area (Å²) in [6, 6.07) is 4.60. The van der Waals surface area contributed by atoms with Crippen LogP contribution in [0.5, 0.6) is 0 Å². The van der Waals surface area contributed by atoms with Crippen LogP contribution in [-0.2, 0) is 18.7 Å². The van der Waals surface area contributed by atoms with Crippen LogP contribution in [0.2, 0.25) is 43.8 Å². The molecule has 1 aromatic carbocycles. The average Bonchev–Trinajstić information content (AvgIpc) is 2.93. The van der Waals surface area contributed by atoms with Gasteiger partial charge in [0.25, 0.3) is 5.69 Å². The van der Waals surface area contributed by atoms with Crippen molar-refractivity contribution in [3.63, 3.8) is 0 Å². The topological polar surface area (TPSA) is 122 Å². The summed E-state index contributed by atoms with van der Waals surface area (Å²) in [5.41, 5.74) is 0.321. The second-order valence-electron chi connectivity index (χ2n) is 15.8. The highest BCUT2D eigenvalue weighted by Gasteiger charge is 2.49. The Morgan fingerprint density at radius 2 is 1.67 bits per heavy atom. The summed E-state index contributed by atoms with van der Waals surface area (Å²) in [6.07, 6.45) is 3.78. The van der Waals surface area contributed by atoms with Crippen LogP contribution in [0.3, 0.4) is 0 Å². The molecule has 0 radical (unpaired) electrons. The molecule has 0 spiro atoms. The highest BCUT2D eigenvalue weighted by Crippen LogP contribution is 2.43. The lowest BCUT2D eigenvalue weighted by molar-refractivity contribution is -0.405. The second-order valence-corrected chi connectivity index (χ2v) is 28.2. The van der Waals surface area contributed by atoms with Crippen LogP contribution in [0.1, 0.15) is 79.3 Å². The lowest BCUT2D eigenvalue weighted by Gasteiger charge is -2.36. The lowest BCUT2D eigenvalue weighted by atomic mass is 9.94. The summed E-state index contributed by atoms with van der Waals surface area (Å²) in [7, 11) is -3.33. The zero-order valence-electron chi connectivity index (χ0n) is 31.3. The van der Waals surface area contributed by atoms with Gasteiger partial charge in [0.05, 0.1) is 16.4 Å². The number of nitrogens with zero attached hydrogens (tertiary/aromatic N) is 2. The van der Waals surface area contributed by atoms with Crippen molar-refractivity contribution in [2.24, 2.45) is 0 Å². The van der Waals surface area contributed by atoms with Gasteiger partial charge in [0.1, 0.15) is 16.9 Å². The van der Waals surface area contributed by atoms with E-state index in [1.54, 1.807) is 39.8 Å². The van der Waals surface area contributed by atoms with E-state index in [-0.39, 0.29) is 22.9 Å². The monoisotopic (exact) mass is 740 g/mol. The van der Waals surface area contributed by atoms with Crippen molar-refractivity contribution in [3.8, 4) is 0 Å². The Morgan fingerprint density at radius 3 is 2.21 bits per heavy atom. The third kappa shape index (κ3) is 12.0. The number of hydrogen-bond acceptors (Lipinski definition) is 9. The largest absolute Gasteiger partial charge is 0.508 e. The Bertz CT molecular complexity index is 1380. The number of benzene rings is 1. The van der Waals surface area contributed by atoms with Gasteiger partial charge >= 0.3 is 17.2 Å². The standard InChI is InChI=1S/C34H57N3O7S2Si2/c1-24-27(30(38)42-21-23-47(9,10)11)28(36(31(35-24)45-8)32(39)44-33(2,3)4)25-18-17-19-26(37(40)41)29(25)46-22-16-14-15-20-43-48(12,13)34(5,6)7/h17-19,28H,14-16,20-23H2,1-13H3/p+1. The van der Waals surface area contributed by atoms with Crippen LogP contribution in [0.25, 0.3) is 0 Å². The molecule has 0 saturated carbocycles.